The summed E-state index contributed by atoms with van der Waals surface area (Å²) in [6.45, 7) is 3.94. The van der Waals surface area contributed by atoms with Crippen molar-refractivity contribution in [1.29, 1.82) is 0 Å². The number of amides is 1. The lowest BCUT2D eigenvalue weighted by Gasteiger charge is -2.52. The summed E-state index contributed by atoms with van der Waals surface area (Å²) in [6, 6.07) is 23.6. The Kier molecular flexibility index (Phi) is 5.67. The van der Waals surface area contributed by atoms with Gasteiger partial charge in [0.2, 0.25) is 5.91 Å². The number of hydrogen-bond donors (Lipinski definition) is 2. The molecule has 2 aliphatic rings. The van der Waals surface area contributed by atoms with Gasteiger partial charge in [0.25, 0.3) is 0 Å². The van der Waals surface area contributed by atoms with Crippen LogP contribution in [-0.4, -0.2) is 48.6 Å². The molecule has 3 aromatic carbocycles. The Labute approximate surface area is 193 Å². The Bertz CT molecular complexity index is 1100. The Hall–Kier alpha value is -3.54. The molecule has 2 saturated heterocycles. The normalized spacial score (nSPS) is 18.9. The number of phenolic OH excluding ortho intramolecular Hbond substituents is 1. The average molecular weight is 446 g/mol. The highest BCUT2D eigenvalue weighted by Crippen LogP contribution is 2.46. The number of nitrogens with one attached hydrogen (secondary N) is 1. The summed E-state index contributed by atoms with van der Waals surface area (Å²) in [4.78, 5) is 17.4. The van der Waals surface area contributed by atoms with E-state index in [4.69, 9.17) is 0 Å². The molecule has 0 aliphatic carbocycles. The molecule has 0 saturated carbocycles. The van der Waals surface area contributed by atoms with Crippen LogP contribution in [0.1, 0.15) is 5.56 Å². The number of likely N-dealkylation sites (tertiary alicyclic amines) is 1. The van der Waals surface area contributed by atoms with Crippen molar-refractivity contribution in [3.05, 3.63) is 90.2 Å². The van der Waals surface area contributed by atoms with E-state index in [1.165, 1.54) is 12.1 Å². The quantitative estimate of drug-likeness (QED) is 0.599. The summed E-state index contributed by atoms with van der Waals surface area (Å²) in [6.07, 6.45) is 0.330. The first-order chi connectivity index (χ1) is 16.0. The second-order valence-electron chi connectivity index (χ2n) is 9.26. The zero-order valence-electron chi connectivity index (χ0n) is 18.5. The molecule has 0 radical (unpaired) electrons. The van der Waals surface area contributed by atoms with Crippen LogP contribution in [0.3, 0.4) is 0 Å². The van der Waals surface area contributed by atoms with Crippen LogP contribution in [0.15, 0.2) is 78.9 Å². The van der Waals surface area contributed by atoms with E-state index >= 15 is 0 Å². The fourth-order valence-corrected chi connectivity index (χ4v) is 5.11. The van der Waals surface area contributed by atoms with Crippen LogP contribution in [-0.2, 0) is 11.2 Å². The van der Waals surface area contributed by atoms with E-state index < -0.39 is 0 Å². The first-order valence-electron chi connectivity index (χ1n) is 11.4. The third kappa shape index (κ3) is 4.51. The predicted molar refractivity (Wildman–Crippen MR) is 128 cm³/mol. The van der Waals surface area contributed by atoms with Crippen molar-refractivity contribution >= 4 is 17.3 Å². The Morgan fingerprint density at radius 2 is 1.67 bits per heavy atom. The Balaban J connectivity index is 1.29. The molecule has 0 bridgehead atoms. The van der Waals surface area contributed by atoms with E-state index in [-0.39, 0.29) is 22.9 Å². The topological polar surface area (TPSA) is 55.8 Å². The van der Waals surface area contributed by atoms with Crippen molar-refractivity contribution in [1.82, 2.24) is 4.90 Å². The largest absolute Gasteiger partial charge is 0.508 e. The van der Waals surface area contributed by atoms with Crippen molar-refractivity contribution in [2.45, 2.75) is 6.42 Å². The summed E-state index contributed by atoms with van der Waals surface area (Å²) in [5.41, 5.74) is 3.02. The number of carbonyl (C=O) groups is 1. The minimum atomic E-state index is -0.231. The van der Waals surface area contributed by atoms with Crippen LogP contribution < -0.4 is 10.2 Å². The molecule has 5 nitrogen and oxygen atoms in total. The highest BCUT2D eigenvalue weighted by atomic mass is 19.1. The standard InChI is InChI=1S/C27H28FN3O2/c28-22-8-10-24(11-9-22)31-18-27(19-31)17-30(26(33)14-20-6-12-25(32)13-7-20)16-21(27)15-29-23-4-2-1-3-5-23/h1-13,21,29,32H,14-19H2. The van der Waals surface area contributed by atoms with Crippen molar-refractivity contribution in [2.24, 2.45) is 11.3 Å². The molecule has 2 heterocycles. The molecule has 3 aromatic rings. The van der Waals surface area contributed by atoms with E-state index in [1.54, 1.807) is 24.3 Å². The van der Waals surface area contributed by atoms with Gasteiger partial charge in [-0.25, -0.2) is 4.39 Å². The van der Waals surface area contributed by atoms with Gasteiger partial charge in [-0.15, -0.1) is 0 Å². The van der Waals surface area contributed by atoms with Crippen LogP contribution in [0.5, 0.6) is 5.75 Å². The van der Waals surface area contributed by atoms with Gasteiger partial charge in [0.05, 0.1) is 6.42 Å². The molecule has 6 heteroatoms. The second kappa shape index (κ2) is 8.77. The molecule has 1 atom stereocenters. The van der Waals surface area contributed by atoms with Crippen LogP contribution in [0.2, 0.25) is 0 Å². The molecule has 1 spiro atoms. The maximum atomic E-state index is 13.3. The number of anilines is 2. The molecule has 33 heavy (non-hydrogen) atoms. The summed E-state index contributed by atoms with van der Waals surface area (Å²) in [5, 5.41) is 13.1. The summed E-state index contributed by atoms with van der Waals surface area (Å²) in [7, 11) is 0. The molecule has 2 N–H and O–H groups in total. The summed E-state index contributed by atoms with van der Waals surface area (Å²) >= 11 is 0. The number of benzene rings is 3. The smallest absolute Gasteiger partial charge is 0.227 e. The van der Waals surface area contributed by atoms with E-state index in [2.05, 4.69) is 22.3 Å². The lowest BCUT2D eigenvalue weighted by Crippen LogP contribution is -2.61. The van der Waals surface area contributed by atoms with Gasteiger partial charge in [-0.1, -0.05) is 30.3 Å². The maximum Gasteiger partial charge on any atom is 0.227 e. The van der Waals surface area contributed by atoms with E-state index in [1.807, 2.05) is 35.2 Å². The summed E-state index contributed by atoms with van der Waals surface area (Å²) < 4.78 is 13.3. The summed E-state index contributed by atoms with van der Waals surface area (Å²) in [5.74, 6) is 0.403. The molecular weight excluding hydrogens is 417 g/mol. The number of rotatable bonds is 6. The fourth-order valence-electron chi connectivity index (χ4n) is 5.11. The van der Waals surface area contributed by atoms with Crippen molar-refractivity contribution in [2.75, 3.05) is 42.9 Å². The first kappa shape index (κ1) is 21.3. The van der Waals surface area contributed by atoms with Gasteiger partial charge in [0.1, 0.15) is 11.6 Å². The number of para-hydroxylation sites is 1. The Morgan fingerprint density at radius 3 is 2.36 bits per heavy atom. The molecule has 1 unspecified atom stereocenters. The van der Waals surface area contributed by atoms with Crippen LogP contribution in [0, 0.1) is 17.2 Å². The van der Waals surface area contributed by atoms with E-state index in [0.717, 1.165) is 43.1 Å². The van der Waals surface area contributed by atoms with Gasteiger partial charge >= 0.3 is 0 Å². The number of nitrogens with zero attached hydrogens (tertiary/aromatic N) is 2. The zero-order valence-corrected chi connectivity index (χ0v) is 18.5. The highest BCUT2D eigenvalue weighted by molar-refractivity contribution is 5.79. The minimum Gasteiger partial charge on any atom is -0.508 e. The predicted octanol–water partition coefficient (Wildman–Crippen LogP) is 4.15. The molecule has 2 fully saturated rings. The Morgan fingerprint density at radius 1 is 0.970 bits per heavy atom. The molecule has 5 rings (SSSR count). The second-order valence-corrected chi connectivity index (χ2v) is 9.26. The minimum absolute atomic E-state index is 0.0147. The fraction of sp³-hybridized carbons (Fsp3) is 0.296. The number of carbonyl (C=O) groups excluding carboxylic acids is 1. The number of aromatic hydroxyl groups is 1. The zero-order chi connectivity index (χ0) is 22.8. The number of hydrogen-bond acceptors (Lipinski definition) is 4. The van der Waals surface area contributed by atoms with E-state index in [9.17, 15) is 14.3 Å². The van der Waals surface area contributed by atoms with Gasteiger partial charge in [0.15, 0.2) is 0 Å². The molecule has 2 aliphatic heterocycles. The third-order valence-electron chi connectivity index (χ3n) is 6.99. The lowest BCUT2D eigenvalue weighted by atomic mass is 9.71. The maximum absolute atomic E-state index is 13.3. The van der Waals surface area contributed by atoms with Gasteiger partial charge in [-0.05, 0) is 54.1 Å². The van der Waals surface area contributed by atoms with E-state index in [0.29, 0.717) is 18.9 Å². The van der Waals surface area contributed by atoms with Crippen LogP contribution in [0.25, 0.3) is 0 Å². The molecule has 1 amide bonds. The van der Waals surface area contributed by atoms with Crippen LogP contribution >= 0.6 is 0 Å². The molecule has 0 aromatic heterocycles. The van der Waals surface area contributed by atoms with Gasteiger partial charge in [-0.2, -0.15) is 0 Å². The molecular formula is C27H28FN3O2. The monoisotopic (exact) mass is 445 g/mol. The van der Waals surface area contributed by atoms with Gasteiger partial charge in [-0.3, -0.25) is 4.79 Å². The first-order valence-corrected chi connectivity index (χ1v) is 11.4. The highest BCUT2D eigenvalue weighted by Gasteiger charge is 2.54. The van der Waals surface area contributed by atoms with Crippen molar-refractivity contribution < 1.29 is 14.3 Å². The average Bonchev–Trinajstić information content (AvgIpc) is 3.20. The number of halogens is 1. The van der Waals surface area contributed by atoms with Crippen molar-refractivity contribution in [3.63, 3.8) is 0 Å². The lowest BCUT2D eigenvalue weighted by molar-refractivity contribution is -0.130. The molecule has 170 valence electrons. The van der Waals surface area contributed by atoms with Gasteiger partial charge in [0, 0.05) is 55.4 Å². The van der Waals surface area contributed by atoms with Crippen molar-refractivity contribution in [3.8, 4) is 5.75 Å². The SMILES string of the molecule is O=C(Cc1ccc(O)cc1)N1CC(CNc2ccccc2)C2(C1)CN(c1ccc(F)cc1)C2. The number of phenols is 1. The van der Waals surface area contributed by atoms with Crippen LogP contribution in [0.4, 0.5) is 15.8 Å². The van der Waals surface area contributed by atoms with Gasteiger partial charge < -0.3 is 20.2 Å². The third-order valence-corrected chi connectivity index (χ3v) is 6.99.